The highest BCUT2D eigenvalue weighted by atomic mass is 35.5. The average molecular weight is 383 g/mol. The molecule has 3 aromatic rings. The molecule has 27 heavy (non-hydrogen) atoms. The summed E-state index contributed by atoms with van der Waals surface area (Å²) in [4.78, 5) is 32.6. The molecule has 3 atom stereocenters. The van der Waals surface area contributed by atoms with Gasteiger partial charge >= 0.3 is 0 Å². The highest BCUT2D eigenvalue weighted by Gasteiger charge is 2.46. The van der Waals surface area contributed by atoms with Gasteiger partial charge in [-0.15, -0.1) is 0 Å². The number of nitrogens with one attached hydrogen (secondary N) is 3. The first-order valence-corrected chi connectivity index (χ1v) is 9.20. The van der Waals surface area contributed by atoms with E-state index in [1.165, 1.54) is 0 Å². The van der Waals surface area contributed by atoms with Crippen molar-refractivity contribution in [1.82, 2.24) is 15.3 Å². The molecule has 2 amide bonds. The Bertz CT molecular complexity index is 966. The number of anilines is 1. The van der Waals surface area contributed by atoms with Crippen LogP contribution in [0.1, 0.15) is 25.1 Å². The van der Waals surface area contributed by atoms with E-state index < -0.39 is 6.04 Å². The number of para-hydroxylation sites is 2. The molecule has 0 aliphatic heterocycles. The van der Waals surface area contributed by atoms with Gasteiger partial charge in [-0.3, -0.25) is 9.59 Å². The van der Waals surface area contributed by atoms with Crippen LogP contribution in [0, 0.1) is 5.92 Å². The molecule has 1 heterocycles. The van der Waals surface area contributed by atoms with Crippen molar-refractivity contribution < 1.29 is 9.59 Å². The monoisotopic (exact) mass is 382 g/mol. The van der Waals surface area contributed by atoms with Crippen LogP contribution in [0.5, 0.6) is 0 Å². The molecule has 0 radical (unpaired) electrons. The zero-order valence-electron chi connectivity index (χ0n) is 14.7. The van der Waals surface area contributed by atoms with Crippen molar-refractivity contribution in [3.8, 4) is 0 Å². The Morgan fingerprint density at radius 2 is 1.93 bits per heavy atom. The van der Waals surface area contributed by atoms with E-state index in [1.807, 2.05) is 24.3 Å². The van der Waals surface area contributed by atoms with E-state index in [-0.39, 0.29) is 23.7 Å². The van der Waals surface area contributed by atoms with Crippen molar-refractivity contribution in [2.24, 2.45) is 5.92 Å². The van der Waals surface area contributed by atoms with E-state index in [4.69, 9.17) is 11.6 Å². The first-order valence-electron chi connectivity index (χ1n) is 8.83. The minimum absolute atomic E-state index is 0.0731. The lowest BCUT2D eigenvalue weighted by atomic mass is 10.2. The van der Waals surface area contributed by atoms with Crippen LogP contribution in [0.4, 0.5) is 5.69 Å². The number of imidazole rings is 1. The van der Waals surface area contributed by atoms with E-state index in [9.17, 15) is 9.59 Å². The average Bonchev–Trinajstić information content (AvgIpc) is 3.35. The molecule has 7 heteroatoms. The van der Waals surface area contributed by atoms with E-state index in [0.717, 1.165) is 23.3 Å². The number of hydrogen-bond acceptors (Lipinski definition) is 3. The predicted molar refractivity (Wildman–Crippen MR) is 105 cm³/mol. The molecule has 3 N–H and O–H groups in total. The number of benzene rings is 2. The standard InChI is InChI=1S/C20H19ClN4O2/c1-11(19(26)23-13-8-6-12(21)7-9-13)22-20(27)15-10-14(15)18-24-16-4-2-3-5-17(16)25-18/h2-9,11,14-15H,10H2,1H3,(H,22,27)(H,23,26)(H,24,25)/t11-,14-,15-/m0/s1. The molecule has 0 bridgehead atoms. The topological polar surface area (TPSA) is 86.9 Å². The maximum atomic E-state index is 12.5. The lowest BCUT2D eigenvalue weighted by molar-refractivity contribution is -0.127. The van der Waals surface area contributed by atoms with E-state index in [2.05, 4.69) is 20.6 Å². The molecular formula is C20H19ClN4O2. The maximum Gasteiger partial charge on any atom is 0.246 e. The van der Waals surface area contributed by atoms with Gasteiger partial charge in [-0.05, 0) is 49.7 Å². The fourth-order valence-corrected chi connectivity index (χ4v) is 3.23. The highest BCUT2D eigenvalue weighted by Crippen LogP contribution is 2.46. The van der Waals surface area contributed by atoms with E-state index in [1.54, 1.807) is 31.2 Å². The van der Waals surface area contributed by atoms with Crippen LogP contribution < -0.4 is 10.6 Å². The number of halogens is 1. The van der Waals surface area contributed by atoms with Gasteiger partial charge < -0.3 is 15.6 Å². The molecule has 1 saturated carbocycles. The summed E-state index contributed by atoms with van der Waals surface area (Å²) in [7, 11) is 0. The molecule has 0 unspecified atom stereocenters. The second-order valence-electron chi connectivity index (χ2n) is 6.81. The molecular weight excluding hydrogens is 364 g/mol. The third-order valence-electron chi connectivity index (χ3n) is 4.75. The van der Waals surface area contributed by atoms with Crippen molar-refractivity contribution in [1.29, 1.82) is 0 Å². The lowest BCUT2D eigenvalue weighted by Gasteiger charge is -2.14. The minimum atomic E-state index is -0.634. The van der Waals surface area contributed by atoms with Gasteiger partial charge in [0.25, 0.3) is 0 Å². The number of amides is 2. The summed E-state index contributed by atoms with van der Waals surface area (Å²) in [6.07, 6.45) is 0.733. The van der Waals surface area contributed by atoms with Crippen LogP contribution in [0.2, 0.25) is 5.02 Å². The van der Waals surface area contributed by atoms with Crippen LogP contribution in [0.25, 0.3) is 11.0 Å². The predicted octanol–water partition coefficient (Wildman–Crippen LogP) is 3.46. The minimum Gasteiger partial charge on any atom is -0.344 e. The van der Waals surface area contributed by atoms with Gasteiger partial charge in [-0.25, -0.2) is 4.98 Å². The normalized spacial score (nSPS) is 19.5. The third kappa shape index (κ3) is 3.80. The number of hydrogen-bond donors (Lipinski definition) is 3. The largest absolute Gasteiger partial charge is 0.344 e. The van der Waals surface area contributed by atoms with Gasteiger partial charge in [-0.1, -0.05) is 23.7 Å². The van der Waals surface area contributed by atoms with Crippen LogP contribution in [-0.4, -0.2) is 27.8 Å². The van der Waals surface area contributed by atoms with Gasteiger partial charge in [0.2, 0.25) is 11.8 Å². The van der Waals surface area contributed by atoms with Crippen LogP contribution >= 0.6 is 11.6 Å². The summed E-state index contributed by atoms with van der Waals surface area (Å²) in [5.74, 6) is 0.348. The molecule has 0 saturated heterocycles. The number of carbonyl (C=O) groups is 2. The molecule has 1 fully saturated rings. The number of fused-ring (bicyclic) bond motifs is 1. The van der Waals surface area contributed by atoms with Gasteiger partial charge in [0.15, 0.2) is 0 Å². The smallest absolute Gasteiger partial charge is 0.246 e. The lowest BCUT2D eigenvalue weighted by Crippen LogP contribution is -2.42. The SMILES string of the molecule is C[C@H](NC(=O)[C@H]1C[C@@H]1c1nc2ccccc2[nH]1)C(=O)Nc1ccc(Cl)cc1. The van der Waals surface area contributed by atoms with Gasteiger partial charge in [0.1, 0.15) is 11.9 Å². The van der Waals surface area contributed by atoms with Crippen molar-refractivity contribution in [2.75, 3.05) is 5.32 Å². The molecule has 138 valence electrons. The van der Waals surface area contributed by atoms with E-state index >= 15 is 0 Å². The summed E-state index contributed by atoms with van der Waals surface area (Å²) >= 11 is 5.83. The molecule has 1 aliphatic rings. The molecule has 6 nitrogen and oxygen atoms in total. The first kappa shape index (κ1) is 17.5. The number of carbonyl (C=O) groups excluding carboxylic acids is 2. The van der Waals surface area contributed by atoms with Gasteiger partial charge in [-0.2, -0.15) is 0 Å². The van der Waals surface area contributed by atoms with Crippen molar-refractivity contribution in [3.05, 3.63) is 59.4 Å². The molecule has 2 aromatic carbocycles. The Hall–Kier alpha value is -2.86. The summed E-state index contributed by atoms with van der Waals surface area (Å²) in [5, 5.41) is 6.15. The van der Waals surface area contributed by atoms with E-state index in [0.29, 0.717) is 10.7 Å². The molecule has 1 aromatic heterocycles. The Morgan fingerprint density at radius 3 is 2.67 bits per heavy atom. The molecule has 4 rings (SSSR count). The number of H-pyrrole nitrogens is 1. The van der Waals surface area contributed by atoms with Crippen LogP contribution in [0.3, 0.4) is 0 Å². The zero-order chi connectivity index (χ0) is 19.0. The zero-order valence-corrected chi connectivity index (χ0v) is 15.5. The third-order valence-corrected chi connectivity index (χ3v) is 5.00. The van der Waals surface area contributed by atoms with Gasteiger partial charge in [0, 0.05) is 22.5 Å². The summed E-state index contributed by atoms with van der Waals surface area (Å²) in [6.45, 7) is 1.67. The Labute approximate surface area is 161 Å². The van der Waals surface area contributed by atoms with Gasteiger partial charge in [0.05, 0.1) is 11.0 Å². The van der Waals surface area contributed by atoms with Crippen LogP contribution in [0.15, 0.2) is 48.5 Å². The molecule has 1 aliphatic carbocycles. The summed E-state index contributed by atoms with van der Waals surface area (Å²) < 4.78 is 0. The highest BCUT2D eigenvalue weighted by molar-refractivity contribution is 6.30. The molecule has 0 spiro atoms. The van der Waals surface area contributed by atoms with Crippen LogP contribution in [-0.2, 0) is 9.59 Å². The summed E-state index contributed by atoms with van der Waals surface area (Å²) in [6, 6.07) is 14.0. The fourth-order valence-electron chi connectivity index (χ4n) is 3.10. The maximum absolute atomic E-state index is 12.5. The van der Waals surface area contributed by atoms with Crippen molar-refractivity contribution in [3.63, 3.8) is 0 Å². The Balaban J connectivity index is 1.33. The second-order valence-corrected chi connectivity index (χ2v) is 7.25. The van der Waals surface area contributed by atoms with Crippen molar-refractivity contribution in [2.45, 2.75) is 25.3 Å². The second kappa shape index (κ2) is 7.04. The Kier molecular flexibility index (Phi) is 4.58. The number of aromatic nitrogens is 2. The first-order chi connectivity index (χ1) is 13.0. The van der Waals surface area contributed by atoms with Crippen molar-refractivity contribution >= 4 is 40.1 Å². The number of nitrogens with zero attached hydrogens (tertiary/aromatic N) is 1. The Morgan fingerprint density at radius 1 is 1.19 bits per heavy atom. The quantitative estimate of drug-likeness (QED) is 0.631. The summed E-state index contributed by atoms with van der Waals surface area (Å²) in [5.41, 5.74) is 2.50. The fraction of sp³-hybridized carbons (Fsp3) is 0.250. The number of rotatable bonds is 5. The number of aromatic amines is 1.